The molecule has 16 heteroatoms. The van der Waals surface area contributed by atoms with E-state index in [0.717, 1.165) is 0 Å². The molecule has 14 nitrogen and oxygen atoms in total. The van der Waals surface area contributed by atoms with Crippen LogP contribution in [0.25, 0.3) is 0 Å². The summed E-state index contributed by atoms with van der Waals surface area (Å²) in [4.78, 5) is 20.9. The molecule has 2 rings (SSSR count). The van der Waals surface area contributed by atoms with Crippen molar-refractivity contribution >= 4 is 12.3 Å². The average molecular weight is 515 g/mol. The van der Waals surface area contributed by atoms with Crippen LogP contribution in [0.4, 0.5) is 0 Å². The zero-order valence-electron chi connectivity index (χ0n) is 19.5. The molecule has 2 fully saturated rings. The van der Waals surface area contributed by atoms with Gasteiger partial charge < -0.3 is 69.0 Å². The molecule has 0 bridgehead atoms. The standard InChI is InChI=1S/C18H29O13.2Na.H2O/c1-8-12(22)13(23)17(10(29-8)5-27-4-3-19)31-18-15(25)14(24)16(26-2)9(30-18)6-28-7-11(20)21;;;/h8-10,12-18,22-25H,4-7H2,1-2H3,(H,20,21);;;1H2/q-1;2*+1;/p-2/t8?,9-,10?,12+,13+,14?,15?,16+,17+,18?;;;/m0.../s1. The van der Waals surface area contributed by atoms with Gasteiger partial charge in [-0.3, -0.25) is 0 Å². The largest absolute Gasteiger partial charge is 1.00 e. The van der Waals surface area contributed by atoms with Gasteiger partial charge in [-0.1, -0.05) is 0 Å². The van der Waals surface area contributed by atoms with E-state index in [1.54, 1.807) is 0 Å². The van der Waals surface area contributed by atoms with Crippen molar-refractivity contribution < 1.29 is 128 Å². The molecule has 0 saturated carbocycles. The minimum absolute atomic E-state index is 0. The normalized spacial score (nSPS) is 37.5. The SMILES string of the molecule is CO[C@H]1C(O)C(O)C(O[C@@H]2C(COC[C-]=O)OC(C)[C@@H](O)[C@H]2O)O[C@H]1COCC(=O)[O-].[Na+].[Na+].[OH-]. The first-order chi connectivity index (χ1) is 14.7. The number of carbonyl (C=O) groups excluding carboxylic acids is 2. The minimum atomic E-state index is -1.63. The van der Waals surface area contributed by atoms with Crippen LogP contribution in [-0.2, 0) is 38.0 Å². The second-order valence-corrected chi connectivity index (χ2v) is 7.23. The summed E-state index contributed by atoms with van der Waals surface area (Å²) in [6.45, 7) is -0.0902. The van der Waals surface area contributed by atoms with Gasteiger partial charge in [0.25, 0.3) is 0 Å². The van der Waals surface area contributed by atoms with Gasteiger partial charge in [0.05, 0.1) is 31.9 Å². The number of aliphatic hydroxyl groups is 4. The Morgan fingerprint density at radius 2 is 1.50 bits per heavy atom. The predicted octanol–water partition coefficient (Wildman–Crippen LogP) is -10.9. The molecule has 0 aromatic carbocycles. The zero-order chi connectivity index (χ0) is 23.1. The van der Waals surface area contributed by atoms with E-state index in [1.165, 1.54) is 20.3 Å². The van der Waals surface area contributed by atoms with Crippen molar-refractivity contribution in [3.8, 4) is 0 Å². The molecule has 0 spiro atoms. The van der Waals surface area contributed by atoms with Crippen LogP contribution in [0.2, 0.25) is 0 Å². The maximum absolute atomic E-state index is 10.5. The maximum Gasteiger partial charge on any atom is 1.00 e. The Kier molecular flexibility index (Phi) is 19.5. The van der Waals surface area contributed by atoms with Gasteiger partial charge in [-0.25, -0.2) is 6.29 Å². The topological polar surface area (TPSA) is 223 Å². The maximum atomic E-state index is 10.5. The molecule has 5 N–H and O–H groups in total. The molecule has 2 heterocycles. The van der Waals surface area contributed by atoms with Gasteiger partial charge >= 0.3 is 59.1 Å². The number of carboxylic acid groups (broad SMARTS) is 1. The van der Waals surface area contributed by atoms with Crippen LogP contribution in [-0.4, -0.2) is 133 Å². The number of hydrogen-bond donors (Lipinski definition) is 4. The smallest absolute Gasteiger partial charge is 0.870 e. The Bertz CT molecular complexity index is 587. The molecule has 188 valence electrons. The monoisotopic (exact) mass is 515 g/mol. The van der Waals surface area contributed by atoms with Gasteiger partial charge in [0.2, 0.25) is 0 Å². The van der Waals surface area contributed by atoms with E-state index in [0.29, 0.717) is 0 Å². The Morgan fingerprint density at radius 1 is 0.941 bits per heavy atom. The summed E-state index contributed by atoms with van der Waals surface area (Å²) in [6, 6.07) is 0. The fourth-order valence-electron chi connectivity index (χ4n) is 3.50. The van der Waals surface area contributed by atoms with Crippen LogP contribution in [0.3, 0.4) is 0 Å². The van der Waals surface area contributed by atoms with Crippen molar-refractivity contribution in [3.05, 3.63) is 0 Å². The van der Waals surface area contributed by atoms with Crippen molar-refractivity contribution in [2.45, 2.75) is 68.1 Å². The molecular formula is C18H29Na2O14-. The van der Waals surface area contributed by atoms with Crippen molar-refractivity contribution in [2.24, 2.45) is 0 Å². The van der Waals surface area contributed by atoms with E-state index in [1.807, 2.05) is 0 Å². The van der Waals surface area contributed by atoms with E-state index in [9.17, 15) is 35.1 Å². The molecule has 2 aliphatic heterocycles. The van der Waals surface area contributed by atoms with E-state index in [-0.39, 0.29) is 84.4 Å². The third-order valence-corrected chi connectivity index (χ3v) is 5.07. The van der Waals surface area contributed by atoms with Crippen molar-refractivity contribution in [1.29, 1.82) is 0 Å². The number of carboxylic acids is 1. The van der Waals surface area contributed by atoms with Crippen LogP contribution in [0, 0.1) is 0 Å². The second kappa shape index (κ2) is 18.0. The predicted molar refractivity (Wildman–Crippen MR) is 97.0 cm³/mol. The number of hydrogen-bond acceptors (Lipinski definition) is 14. The molecule has 2 saturated heterocycles. The number of aliphatic hydroxyl groups excluding tert-OH is 4. The van der Waals surface area contributed by atoms with Gasteiger partial charge in [-0.05, 0) is 13.5 Å². The Morgan fingerprint density at radius 3 is 2.06 bits per heavy atom. The first kappa shape index (κ1) is 36.9. The Labute approximate surface area is 240 Å². The van der Waals surface area contributed by atoms with Crippen molar-refractivity contribution in [3.63, 3.8) is 0 Å². The second-order valence-electron chi connectivity index (χ2n) is 7.23. The average Bonchev–Trinajstić information content (AvgIpc) is 2.72. The van der Waals surface area contributed by atoms with E-state index < -0.39 is 73.8 Å². The quantitative estimate of drug-likeness (QED) is 0.114. The Hall–Kier alpha value is 0.700. The van der Waals surface area contributed by atoms with E-state index >= 15 is 0 Å². The summed E-state index contributed by atoms with van der Waals surface area (Å²) in [6.07, 6.45) is -11.1. The summed E-state index contributed by atoms with van der Waals surface area (Å²) in [5.74, 6) is -1.46. The first-order valence-corrected chi connectivity index (χ1v) is 9.63. The summed E-state index contributed by atoms with van der Waals surface area (Å²) in [7, 11) is 1.25. The van der Waals surface area contributed by atoms with Gasteiger partial charge in [0.15, 0.2) is 6.29 Å². The molecule has 0 aromatic rings. The molecule has 0 aliphatic carbocycles. The van der Waals surface area contributed by atoms with Crippen molar-refractivity contribution in [1.82, 2.24) is 0 Å². The number of methoxy groups -OCH3 is 1. The fourth-order valence-corrected chi connectivity index (χ4v) is 3.50. The molecule has 5 unspecified atom stereocenters. The Balaban J connectivity index is 0. The molecule has 2 aliphatic rings. The van der Waals surface area contributed by atoms with Crippen LogP contribution < -0.4 is 64.2 Å². The third kappa shape index (κ3) is 9.87. The summed E-state index contributed by atoms with van der Waals surface area (Å²) >= 11 is 0. The van der Waals surface area contributed by atoms with Crippen LogP contribution in [0.5, 0.6) is 0 Å². The van der Waals surface area contributed by atoms with Crippen LogP contribution >= 0.6 is 0 Å². The first-order valence-electron chi connectivity index (χ1n) is 9.63. The molecule has 10 atom stereocenters. The van der Waals surface area contributed by atoms with E-state index in [2.05, 4.69) is 0 Å². The van der Waals surface area contributed by atoms with Crippen molar-refractivity contribution in [2.75, 3.05) is 33.5 Å². The van der Waals surface area contributed by atoms with Gasteiger partial charge in [-0.15, -0.1) is 0 Å². The van der Waals surface area contributed by atoms with Crippen LogP contribution in [0.15, 0.2) is 0 Å². The zero-order valence-corrected chi connectivity index (χ0v) is 23.5. The number of carbonyl (C=O) groups is 1. The van der Waals surface area contributed by atoms with Gasteiger partial charge in [-0.2, -0.15) is 0 Å². The third-order valence-electron chi connectivity index (χ3n) is 5.07. The number of ether oxygens (including phenoxy) is 6. The molecule has 0 aromatic heterocycles. The van der Waals surface area contributed by atoms with Gasteiger partial charge in [0.1, 0.15) is 48.8 Å². The summed E-state index contributed by atoms with van der Waals surface area (Å²) in [5, 5.41) is 52.0. The molecular weight excluding hydrogens is 486 g/mol. The van der Waals surface area contributed by atoms with Gasteiger partial charge in [0, 0.05) is 7.11 Å². The molecule has 34 heavy (non-hydrogen) atoms. The molecule has 0 radical (unpaired) electrons. The summed E-state index contributed by atoms with van der Waals surface area (Å²) in [5.41, 5.74) is 0. The number of aliphatic carboxylic acids is 1. The summed E-state index contributed by atoms with van der Waals surface area (Å²) < 4.78 is 32.0. The van der Waals surface area contributed by atoms with E-state index in [4.69, 9.17) is 28.4 Å². The minimum Gasteiger partial charge on any atom is -0.870 e. The molecule has 0 amide bonds. The van der Waals surface area contributed by atoms with Crippen LogP contribution in [0.1, 0.15) is 6.92 Å². The fraction of sp³-hybridized carbons (Fsp3) is 0.889. The number of rotatable bonds is 11.